The molecule has 0 N–H and O–H groups in total. The highest BCUT2D eigenvalue weighted by Crippen LogP contribution is 2.57. The Labute approximate surface area is 385 Å². The van der Waals surface area contributed by atoms with Crippen molar-refractivity contribution in [1.29, 1.82) is 0 Å². The van der Waals surface area contributed by atoms with Crippen molar-refractivity contribution in [3.63, 3.8) is 0 Å². The average molecular weight is 838 g/mol. The van der Waals surface area contributed by atoms with Gasteiger partial charge in [0.05, 0.1) is 5.41 Å². The van der Waals surface area contributed by atoms with E-state index in [9.17, 15) is 0 Å². The van der Waals surface area contributed by atoms with Crippen LogP contribution in [0, 0.1) is 0 Å². The zero-order chi connectivity index (χ0) is 43.6. The molecule has 0 radical (unpaired) electrons. The molecule has 1 aliphatic rings. The summed E-state index contributed by atoms with van der Waals surface area (Å²) >= 11 is 0. The van der Waals surface area contributed by atoms with E-state index in [-0.39, 0.29) is 0 Å². The van der Waals surface area contributed by atoms with Gasteiger partial charge in [0.25, 0.3) is 0 Å². The summed E-state index contributed by atoms with van der Waals surface area (Å²) in [6.07, 6.45) is 0. The second-order valence-electron chi connectivity index (χ2n) is 17.6. The van der Waals surface area contributed by atoms with Crippen molar-refractivity contribution >= 4 is 60.2 Å². The predicted molar refractivity (Wildman–Crippen MR) is 279 cm³/mol. The van der Waals surface area contributed by atoms with E-state index in [1.165, 1.54) is 98.7 Å². The van der Waals surface area contributed by atoms with Crippen molar-refractivity contribution in [2.75, 3.05) is 4.90 Å². The minimum Gasteiger partial charge on any atom is -0.310 e. The molecule has 308 valence electrons. The SMILES string of the molecule is c1ccc(C2(c3ccccc3)c3ccccc3-c3ccc(N(c4ccc(-c5cc6ccccc6c6ccccc56)cc4)c4ccc(-c5cc6ccccc6c6ccccc56)cc4)cc32)cc1. The molecule has 13 rings (SSSR count). The third-order valence-electron chi connectivity index (χ3n) is 14.1. The number of benzene rings is 12. The lowest BCUT2D eigenvalue weighted by Gasteiger charge is -2.35. The highest BCUT2D eigenvalue weighted by Gasteiger charge is 2.46. The Balaban J connectivity index is 1.01. The highest BCUT2D eigenvalue weighted by atomic mass is 15.1. The third kappa shape index (κ3) is 5.87. The number of nitrogens with zero attached hydrogens (tertiary/aromatic N) is 1. The molecule has 0 bridgehead atoms. The number of hydrogen-bond donors (Lipinski definition) is 0. The molecule has 0 atom stereocenters. The van der Waals surface area contributed by atoms with E-state index < -0.39 is 5.41 Å². The van der Waals surface area contributed by atoms with Gasteiger partial charge in [-0.15, -0.1) is 0 Å². The van der Waals surface area contributed by atoms with Gasteiger partial charge in [0.2, 0.25) is 0 Å². The molecule has 0 spiro atoms. The van der Waals surface area contributed by atoms with Gasteiger partial charge in [-0.25, -0.2) is 0 Å². The second kappa shape index (κ2) is 15.3. The first-order chi connectivity index (χ1) is 32.7. The first kappa shape index (κ1) is 38.0. The quantitative estimate of drug-likeness (QED) is 0.145. The molecule has 1 aliphatic carbocycles. The molecule has 0 aromatic heterocycles. The van der Waals surface area contributed by atoms with Crippen LogP contribution >= 0.6 is 0 Å². The van der Waals surface area contributed by atoms with Crippen molar-refractivity contribution in [2.45, 2.75) is 5.41 Å². The molecular weight excluding hydrogens is 795 g/mol. The molecule has 0 aliphatic heterocycles. The normalized spacial score (nSPS) is 12.7. The van der Waals surface area contributed by atoms with Crippen LogP contribution in [0.25, 0.3) is 76.5 Å². The van der Waals surface area contributed by atoms with Crippen molar-refractivity contribution in [2.24, 2.45) is 0 Å². The fourth-order valence-electron chi connectivity index (χ4n) is 11.2. The number of rotatable bonds is 7. The number of fused-ring (bicyclic) bond motifs is 9. The summed E-state index contributed by atoms with van der Waals surface area (Å²) in [4.78, 5) is 2.44. The van der Waals surface area contributed by atoms with Crippen LogP contribution in [0.5, 0.6) is 0 Å². The Morgan fingerprint density at radius 1 is 0.242 bits per heavy atom. The fraction of sp³-hybridized carbons (Fsp3) is 0.0154. The van der Waals surface area contributed by atoms with Crippen molar-refractivity contribution in [3.8, 4) is 33.4 Å². The van der Waals surface area contributed by atoms with Gasteiger partial charge in [0.1, 0.15) is 0 Å². The van der Waals surface area contributed by atoms with Crippen LogP contribution in [0.15, 0.2) is 261 Å². The Morgan fingerprint density at radius 3 is 1.15 bits per heavy atom. The Kier molecular flexibility index (Phi) is 8.82. The van der Waals surface area contributed by atoms with Gasteiger partial charge in [0.15, 0.2) is 0 Å². The maximum Gasteiger partial charge on any atom is 0.0714 e. The Morgan fingerprint density at radius 2 is 0.636 bits per heavy atom. The van der Waals surface area contributed by atoms with E-state index in [0.717, 1.165) is 17.1 Å². The van der Waals surface area contributed by atoms with Gasteiger partial charge in [-0.1, -0.05) is 212 Å². The molecule has 0 amide bonds. The van der Waals surface area contributed by atoms with E-state index in [1.54, 1.807) is 0 Å². The van der Waals surface area contributed by atoms with Gasteiger partial charge in [-0.05, 0) is 147 Å². The molecule has 0 heterocycles. The number of anilines is 3. The van der Waals surface area contributed by atoms with E-state index in [1.807, 2.05) is 0 Å². The number of hydrogen-bond acceptors (Lipinski definition) is 1. The van der Waals surface area contributed by atoms with Gasteiger partial charge in [-0.3, -0.25) is 0 Å². The first-order valence-electron chi connectivity index (χ1n) is 22.9. The maximum absolute atomic E-state index is 2.46. The standard InChI is InChI=1S/C65H43N/c1-3-19-48(20-4-1)65(49-21-5-2-6-22-49)63-30-16-15-29-59(63)60-40-39-52(43-64(60)65)66(50-35-31-44(32-36-50)61-41-46-17-7-9-23-53(46)55-25-11-13-27-57(55)61)51-37-33-45(34-38-51)62-42-47-18-8-10-24-54(47)56-26-12-14-28-58(56)62/h1-43H. The van der Waals surface area contributed by atoms with Crippen molar-refractivity contribution < 1.29 is 0 Å². The van der Waals surface area contributed by atoms with Crippen LogP contribution in [0.2, 0.25) is 0 Å². The second-order valence-corrected chi connectivity index (χ2v) is 17.6. The molecule has 12 aromatic rings. The van der Waals surface area contributed by atoms with E-state index in [2.05, 4.69) is 266 Å². The molecule has 0 saturated carbocycles. The topological polar surface area (TPSA) is 3.24 Å². The van der Waals surface area contributed by atoms with Gasteiger partial charge in [0, 0.05) is 17.1 Å². The molecule has 0 fully saturated rings. The Bertz CT molecular complexity index is 3590. The van der Waals surface area contributed by atoms with Crippen LogP contribution in [0.1, 0.15) is 22.3 Å². The molecule has 12 aromatic carbocycles. The van der Waals surface area contributed by atoms with Gasteiger partial charge >= 0.3 is 0 Å². The monoisotopic (exact) mass is 837 g/mol. The third-order valence-corrected chi connectivity index (χ3v) is 14.1. The summed E-state index contributed by atoms with van der Waals surface area (Å²) in [5, 5.41) is 10.1. The van der Waals surface area contributed by atoms with Crippen molar-refractivity contribution in [1.82, 2.24) is 0 Å². The van der Waals surface area contributed by atoms with Crippen LogP contribution in [0.3, 0.4) is 0 Å². The molecule has 66 heavy (non-hydrogen) atoms. The van der Waals surface area contributed by atoms with Crippen LogP contribution in [-0.2, 0) is 5.41 Å². The Hall–Kier alpha value is -8.52. The summed E-state index contributed by atoms with van der Waals surface area (Å²) in [6, 6.07) is 96.4. The molecule has 1 nitrogen and oxygen atoms in total. The lowest BCUT2D eigenvalue weighted by Crippen LogP contribution is -2.28. The van der Waals surface area contributed by atoms with E-state index in [4.69, 9.17) is 0 Å². The largest absolute Gasteiger partial charge is 0.310 e. The molecule has 0 saturated heterocycles. The highest BCUT2D eigenvalue weighted by molar-refractivity contribution is 6.15. The summed E-state index contributed by atoms with van der Waals surface area (Å²) < 4.78 is 0. The van der Waals surface area contributed by atoms with Crippen LogP contribution < -0.4 is 4.90 Å². The molecule has 1 heteroatoms. The minimum atomic E-state index is -0.516. The van der Waals surface area contributed by atoms with Crippen molar-refractivity contribution in [3.05, 3.63) is 283 Å². The van der Waals surface area contributed by atoms with Crippen LogP contribution in [0.4, 0.5) is 17.1 Å². The zero-order valence-corrected chi connectivity index (χ0v) is 36.3. The fourth-order valence-corrected chi connectivity index (χ4v) is 11.2. The zero-order valence-electron chi connectivity index (χ0n) is 36.3. The lowest BCUT2D eigenvalue weighted by atomic mass is 9.67. The predicted octanol–water partition coefficient (Wildman–Crippen LogP) is 17.5. The van der Waals surface area contributed by atoms with Gasteiger partial charge in [-0.2, -0.15) is 0 Å². The summed E-state index contributed by atoms with van der Waals surface area (Å²) in [5.74, 6) is 0. The van der Waals surface area contributed by atoms with Gasteiger partial charge < -0.3 is 4.90 Å². The first-order valence-corrected chi connectivity index (χ1v) is 22.9. The average Bonchev–Trinajstić information content (AvgIpc) is 3.69. The molecular formula is C65H43N. The molecule has 0 unspecified atom stereocenters. The van der Waals surface area contributed by atoms with E-state index >= 15 is 0 Å². The maximum atomic E-state index is 2.46. The summed E-state index contributed by atoms with van der Waals surface area (Å²) in [7, 11) is 0. The van der Waals surface area contributed by atoms with Crippen LogP contribution in [-0.4, -0.2) is 0 Å². The summed E-state index contributed by atoms with van der Waals surface area (Å²) in [5.41, 5.74) is 15.3. The smallest absolute Gasteiger partial charge is 0.0714 e. The van der Waals surface area contributed by atoms with E-state index in [0.29, 0.717) is 0 Å². The summed E-state index contributed by atoms with van der Waals surface area (Å²) in [6.45, 7) is 0. The minimum absolute atomic E-state index is 0.516. The lowest BCUT2D eigenvalue weighted by molar-refractivity contribution is 0.768.